The molecule has 0 saturated heterocycles. The Balaban J connectivity index is 1.79. The first-order valence-electron chi connectivity index (χ1n) is 8.10. The summed E-state index contributed by atoms with van der Waals surface area (Å²) in [5, 5.41) is 3.55. The highest BCUT2D eigenvalue weighted by molar-refractivity contribution is 5.33. The van der Waals surface area contributed by atoms with Crippen LogP contribution in [0.3, 0.4) is 0 Å². The fourth-order valence-electron chi connectivity index (χ4n) is 2.41. The van der Waals surface area contributed by atoms with Crippen molar-refractivity contribution in [2.24, 2.45) is 0 Å². The number of nitrogens with one attached hydrogen (secondary N) is 1. The number of benzene rings is 1. The first kappa shape index (κ1) is 16.1. The molecule has 1 aromatic rings. The van der Waals surface area contributed by atoms with E-state index in [9.17, 15) is 0 Å². The number of para-hydroxylation sites is 1. The highest BCUT2D eigenvalue weighted by Crippen LogP contribution is 2.22. The standard InChI is InChI=1S/C18H28N2O/c1-3-11-20(12-4-2)13-14-21-18-8-6-5-7-16(18)15-19-17-9-10-17/h3,5-8,17,19H,1,4,9-15H2,2H3. The van der Waals surface area contributed by atoms with Crippen molar-refractivity contribution >= 4 is 0 Å². The molecule has 3 nitrogen and oxygen atoms in total. The normalized spacial score (nSPS) is 14.4. The topological polar surface area (TPSA) is 24.5 Å². The number of hydrogen-bond acceptors (Lipinski definition) is 3. The van der Waals surface area contributed by atoms with E-state index < -0.39 is 0 Å². The summed E-state index contributed by atoms with van der Waals surface area (Å²) in [6.45, 7) is 10.6. The zero-order valence-corrected chi connectivity index (χ0v) is 13.2. The average molecular weight is 288 g/mol. The molecule has 1 saturated carbocycles. The summed E-state index contributed by atoms with van der Waals surface area (Å²) in [5.41, 5.74) is 1.26. The Morgan fingerprint density at radius 2 is 2.14 bits per heavy atom. The van der Waals surface area contributed by atoms with Gasteiger partial charge in [0.25, 0.3) is 0 Å². The fraction of sp³-hybridized carbons (Fsp3) is 0.556. The van der Waals surface area contributed by atoms with Crippen LogP contribution in [0.25, 0.3) is 0 Å². The van der Waals surface area contributed by atoms with Crippen LogP contribution in [-0.4, -0.2) is 37.2 Å². The molecule has 1 fully saturated rings. The number of ether oxygens (including phenoxy) is 1. The van der Waals surface area contributed by atoms with Gasteiger partial charge in [0.15, 0.2) is 0 Å². The van der Waals surface area contributed by atoms with Crippen LogP contribution in [-0.2, 0) is 6.54 Å². The second kappa shape index (κ2) is 8.85. The maximum Gasteiger partial charge on any atom is 0.123 e. The van der Waals surface area contributed by atoms with Gasteiger partial charge in [0.1, 0.15) is 12.4 Å². The molecule has 1 N–H and O–H groups in total. The molecule has 0 amide bonds. The van der Waals surface area contributed by atoms with E-state index in [1.165, 1.54) is 18.4 Å². The Hall–Kier alpha value is -1.32. The van der Waals surface area contributed by atoms with Gasteiger partial charge in [-0.15, -0.1) is 6.58 Å². The predicted octanol–water partition coefficient (Wildman–Crippen LogP) is 3.22. The number of hydrogen-bond donors (Lipinski definition) is 1. The molecule has 0 aromatic heterocycles. The van der Waals surface area contributed by atoms with Crippen LogP contribution in [0, 0.1) is 0 Å². The van der Waals surface area contributed by atoms with Crippen molar-refractivity contribution < 1.29 is 4.74 Å². The van der Waals surface area contributed by atoms with Crippen molar-refractivity contribution in [3.8, 4) is 5.75 Å². The molecule has 116 valence electrons. The minimum absolute atomic E-state index is 0.727. The van der Waals surface area contributed by atoms with Gasteiger partial charge in [-0.05, 0) is 31.9 Å². The highest BCUT2D eigenvalue weighted by Gasteiger charge is 2.20. The Bertz CT molecular complexity index is 429. The van der Waals surface area contributed by atoms with E-state index >= 15 is 0 Å². The molecule has 0 radical (unpaired) electrons. The Morgan fingerprint density at radius 1 is 1.33 bits per heavy atom. The highest BCUT2D eigenvalue weighted by atomic mass is 16.5. The van der Waals surface area contributed by atoms with E-state index in [0.717, 1.165) is 51.0 Å². The zero-order valence-electron chi connectivity index (χ0n) is 13.2. The molecule has 1 aliphatic rings. The lowest BCUT2D eigenvalue weighted by Crippen LogP contribution is -2.29. The number of rotatable bonds is 11. The largest absolute Gasteiger partial charge is 0.492 e. The summed E-state index contributed by atoms with van der Waals surface area (Å²) in [6, 6.07) is 9.08. The lowest BCUT2D eigenvalue weighted by Gasteiger charge is -2.20. The molecule has 0 aliphatic heterocycles. The van der Waals surface area contributed by atoms with Crippen molar-refractivity contribution in [1.82, 2.24) is 10.2 Å². The summed E-state index contributed by atoms with van der Waals surface area (Å²) in [5.74, 6) is 1.01. The molecular weight excluding hydrogens is 260 g/mol. The zero-order chi connectivity index (χ0) is 14.9. The lowest BCUT2D eigenvalue weighted by atomic mass is 10.2. The Labute approximate surface area is 129 Å². The van der Waals surface area contributed by atoms with Gasteiger partial charge >= 0.3 is 0 Å². The molecule has 2 rings (SSSR count). The van der Waals surface area contributed by atoms with Crippen LogP contribution in [0.2, 0.25) is 0 Å². The SMILES string of the molecule is C=CCN(CCC)CCOc1ccccc1CNC1CC1. The van der Waals surface area contributed by atoms with Crippen LogP contribution in [0.4, 0.5) is 0 Å². The van der Waals surface area contributed by atoms with Crippen molar-refractivity contribution in [1.29, 1.82) is 0 Å². The Morgan fingerprint density at radius 3 is 2.86 bits per heavy atom. The van der Waals surface area contributed by atoms with E-state index in [1.54, 1.807) is 0 Å². The monoisotopic (exact) mass is 288 g/mol. The predicted molar refractivity (Wildman–Crippen MR) is 88.7 cm³/mol. The van der Waals surface area contributed by atoms with E-state index in [0.29, 0.717) is 0 Å². The van der Waals surface area contributed by atoms with Crippen LogP contribution >= 0.6 is 0 Å². The molecule has 0 spiro atoms. The molecule has 1 aliphatic carbocycles. The number of nitrogens with zero attached hydrogens (tertiary/aromatic N) is 1. The molecule has 0 heterocycles. The van der Waals surface area contributed by atoms with Crippen LogP contribution in [0.15, 0.2) is 36.9 Å². The molecule has 3 heteroatoms. The van der Waals surface area contributed by atoms with E-state index in [-0.39, 0.29) is 0 Å². The summed E-state index contributed by atoms with van der Waals surface area (Å²) in [7, 11) is 0. The van der Waals surface area contributed by atoms with Crippen molar-refractivity contribution in [2.75, 3.05) is 26.2 Å². The van der Waals surface area contributed by atoms with Gasteiger partial charge in [-0.2, -0.15) is 0 Å². The van der Waals surface area contributed by atoms with Crippen molar-refractivity contribution in [3.05, 3.63) is 42.5 Å². The summed E-state index contributed by atoms with van der Waals surface area (Å²) < 4.78 is 6.00. The Kier molecular flexibility index (Phi) is 6.77. The maximum absolute atomic E-state index is 6.00. The van der Waals surface area contributed by atoms with Gasteiger partial charge in [0.2, 0.25) is 0 Å². The van der Waals surface area contributed by atoms with Gasteiger partial charge in [-0.3, -0.25) is 4.90 Å². The molecule has 0 atom stereocenters. The van der Waals surface area contributed by atoms with E-state index in [1.807, 2.05) is 12.1 Å². The van der Waals surface area contributed by atoms with Gasteiger partial charge in [-0.1, -0.05) is 31.2 Å². The van der Waals surface area contributed by atoms with Crippen LogP contribution < -0.4 is 10.1 Å². The van der Waals surface area contributed by atoms with E-state index in [2.05, 4.69) is 41.9 Å². The minimum atomic E-state index is 0.727. The van der Waals surface area contributed by atoms with Crippen LogP contribution in [0.5, 0.6) is 5.75 Å². The smallest absolute Gasteiger partial charge is 0.123 e. The molecule has 1 aromatic carbocycles. The third kappa shape index (κ3) is 5.90. The third-order valence-electron chi connectivity index (χ3n) is 3.72. The second-order valence-corrected chi connectivity index (χ2v) is 5.70. The van der Waals surface area contributed by atoms with Crippen LogP contribution in [0.1, 0.15) is 31.7 Å². The van der Waals surface area contributed by atoms with Gasteiger partial charge in [0, 0.05) is 31.2 Å². The van der Waals surface area contributed by atoms with Crippen molar-refractivity contribution in [3.63, 3.8) is 0 Å². The van der Waals surface area contributed by atoms with Crippen molar-refractivity contribution in [2.45, 2.75) is 38.8 Å². The fourth-order valence-corrected chi connectivity index (χ4v) is 2.41. The first-order valence-corrected chi connectivity index (χ1v) is 8.10. The molecule has 21 heavy (non-hydrogen) atoms. The molecular formula is C18H28N2O. The van der Waals surface area contributed by atoms with Gasteiger partial charge < -0.3 is 10.1 Å². The minimum Gasteiger partial charge on any atom is -0.492 e. The molecule has 0 bridgehead atoms. The third-order valence-corrected chi connectivity index (χ3v) is 3.72. The lowest BCUT2D eigenvalue weighted by molar-refractivity contribution is 0.221. The quantitative estimate of drug-likeness (QED) is 0.633. The average Bonchev–Trinajstić information content (AvgIpc) is 3.31. The van der Waals surface area contributed by atoms with Gasteiger partial charge in [0.05, 0.1) is 0 Å². The van der Waals surface area contributed by atoms with Gasteiger partial charge in [-0.25, -0.2) is 0 Å². The summed E-state index contributed by atoms with van der Waals surface area (Å²) >= 11 is 0. The van der Waals surface area contributed by atoms with E-state index in [4.69, 9.17) is 4.74 Å². The summed E-state index contributed by atoms with van der Waals surface area (Å²) in [4.78, 5) is 2.37. The maximum atomic E-state index is 6.00. The summed E-state index contributed by atoms with van der Waals surface area (Å²) in [6.07, 6.45) is 5.76. The second-order valence-electron chi connectivity index (χ2n) is 5.70. The molecule has 0 unspecified atom stereocenters. The first-order chi connectivity index (χ1) is 10.3.